The van der Waals surface area contributed by atoms with Crippen LogP contribution >= 0.6 is 0 Å². The minimum Gasteiger partial charge on any atom is -0.322 e. The molecule has 0 aliphatic heterocycles. The maximum absolute atomic E-state index is 13.2. The number of rotatable bonds is 5. The highest BCUT2D eigenvalue weighted by Crippen LogP contribution is 2.28. The van der Waals surface area contributed by atoms with Gasteiger partial charge in [0.1, 0.15) is 12.4 Å². The molecule has 0 radical (unpaired) electrons. The van der Waals surface area contributed by atoms with Crippen LogP contribution in [0.3, 0.4) is 0 Å². The zero-order valence-corrected chi connectivity index (χ0v) is 14.2. The van der Waals surface area contributed by atoms with Crippen LogP contribution < -0.4 is 5.32 Å². The normalized spacial score (nSPS) is 11.6. The number of hydrogen-bond acceptors (Lipinski definition) is 3. The van der Waals surface area contributed by atoms with Gasteiger partial charge in [0.25, 0.3) is 0 Å². The number of alkyl halides is 3. The third-order valence-electron chi connectivity index (χ3n) is 3.72. The summed E-state index contributed by atoms with van der Waals surface area (Å²) in [7, 11) is 0. The van der Waals surface area contributed by atoms with Crippen LogP contribution in [-0.4, -0.2) is 25.5 Å². The lowest BCUT2D eigenvalue weighted by atomic mass is 10.2. The molecule has 10 heteroatoms. The number of benzene rings is 1. The fourth-order valence-electron chi connectivity index (χ4n) is 2.48. The van der Waals surface area contributed by atoms with Crippen molar-refractivity contribution in [1.29, 1.82) is 0 Å². The lowest BCUT2D eigenvalue weighted by Gasteiger charge is -2.05. The Balaban J connectivity index is 1.62. The Kier molecular flexibility index (Phi) is 4.98. The SMILES string of the molecule is Cc1cc(C(F)(F)F)nn1CC(=O)Nc1cnn(Cc2cccc(F)c2)c1. The Bertz CT molecular complexity index is 960. The van der Waals surface area contributed by atoms with Crippen LogP contribution in [0.1, 0.15) is 17.0 Å². The summed E-state index contributed by atoms with van der Waals surface area (Å²) < 4.78 is 53.7. The van der Waals surface area contributed by atoms with Gasteiger partial charge < -0.3 is 5.32 Å². The average molecular weight is 381 g/mol. The molecule has 0 spiro atoms. The molecule has 0 aliphatic rings. The number of aromatic nitrogens is 4. The van der Waals surface area contributed by atoms with E-state index in [1.54, 1.807) is 18.3 Å². The number of hydrogen-bond donors (Lipinski definition) is 1. The van der Waals surface area contributed by atoms with Gasteiger partial charge in [0.05, 0.1) is 18.4 Å². The van der Waals surface area contributed by atoms with Crippen LogP contribution in [0.4, 0.5) is 23.2 Å². The quantitative estimate of drug-likeness (QED) is 0.690. The van der Waals surface area contributed by atoms with Crippen LogP contribution in [0.5, 0.6) is 0 Å². The lowest BCUT2D eigenvalue weighted by Crippen LogP contribution is -2.20. The maximum Gasteiger partial charge on any atom is 0.435 e. The van der Waals surface area contributed by atoms with Crippen molar-refractivity contribution in [2.45, 2.75) is 26.2 Å². The van der Waals surface area contributed by atoms with Crippen LogP contribution in [0.25, 0.3) is 0 Å². The van der Waals surface area contributed by atoms with E-state index in [0.717, 1.165) is 10.7 Å². The topological polar surface area (TPSA) is 64.7 Å². The van der Waals surface area contributed by atoms with E-state index in [1.807, 2.05) is 0 Å². The van der Waals surface area contributed by atoms with Crippen molar-refractivity contribution in [3.05, 3.63) is 65.5 Å². The number of nitrogens with one attached hydrogen (secondary N) is 1. The second kappa shape index (κ2) is 7.22. The summed E-state index contributed by atoms with van der Waals surface area (Å²) in [5.74, 6) is -0.902. The van der Waals surface area contributed by atoms with Crippen molar-refractivity contribution in [3.63, 3.8) is 0 Å². The van der Waals surface area contributed by atoms with Gasteiger partial charge in [0.2, 0.25) is 5.91 Å². The van der Waals surface area contributed by atoms with Gasteiger partial charge in [-0.05, 0) is 30.7 Å². The molecular formula is C17H15F4N5O. The highest BCUT2D eigenvalue weighted by Gasteiger charge is 2.34. The fraction of sp³-hybridized carbons (Fsp3) is 0.235. The number of nitrogens with zero attached hydrogens (tertiary/aromatic N) is 4. The molecule has 6 nitrogen and oxygen atoms in total. The average Bonchev–Trinajstić information content (AvgIpc) is 3.14. The summed E-state index contributed by atoms with van der Waals surface area (Å²) in [5.41, 5.74) is 0.245. The first-order valence-electron chi connectivity index (χ1n) is 7.89. The molecule has 0 bridgehead atoms. The third kappa shape index (κ3) is 4.72. The Morgan fingerprint density at radius 3 is 2.70 bits per heavy atom. The number of carbonyl (C=O) groups is 1. The van der Waals surface area contributed by atoms with Gasteiger partial charge in [-0.3, -0.25) is 14.2 Å². The first-order chi connectivity index (χ1) is 12.7. The van der Waals surface area contributed by atoms with Crippen molar-refractivity contribution in [2.24, 2.45) is 0 Å². The predicted octanol–water partition coefficient (Wildman–Crippen LogP) is 3.23. The Morgan fingerprint density at radius 2 is 2.04 bits per heavy atom. The van der Waals surface area contributed by atoms with Crippen molar-refractivity contribution < 1.29 is 22.4 Å². The largest absolute Gasteiger partial charge is 0.435 e. The molecule has 2 heterocycles. The molecule has 142 valence electrons. The van der Waals surface area contributed by atoms with Crippen LogP contribution in [0.15, 0.2) is 42.7 Å². The highest BCUT2D eigenvalue weighted by atomic mass is 19.4. The van der Waals surface area contributed by atoms with Crippen LogP contribution in [0, 0.1) is 12.7 Å². The van der Waals surface area contributed by atoms with Gasteiger partial charge in [-0.2, -0.15) is 23.4 Å². The number of carbonyl (C=O) groups excluding carboxylic acids is 1. The Labute approximate surface area is 151 Å². The molecule has 27 heavy (non-hydrogen) atoms. The van der Waals surface area contributed by atoms with Crippen molar-refractivity contribution in [3.8, 4) is 0 Å². The first kappa shape index (κ1) is 18.6. The van der Waals surface area contributed by atoms with E-state index < -0.39 is 17.8 Å². The van der Waals surface area contributed by atoms with Gasteiger partial charge in [-0.1, -0.05) is 12.1 Å². The van der Waals surface area contributed by atoms with Gasteiger partial charge in [0.15, 0.2) is 5.69 Å². The molecular weight excluding hydrogens is 366 g/mol. The number of halogens is 4. The summed E-state index contributed by atoms with van der Waals surface area (Å²) >= 11 is 0. The van der Waals surface area contributed by atoms with E-state index in [2.05, 4.69) is 15.5 Å². The lowest BCUT2D eigenvalue weighted by molar-refractivity contribution is -0.141. The summed E-state index contributed by atoms with van der Waals surface area (Å²) in [4.78, 5) is 12.1. The van der Waals surface area contributed by atoms with Gasteiger partial charge in [0, 0.05) is 11.9 Å². The summed E-state index contributed by atoms with van der Waals surface area (Å²) in [6.07, 6.45) is -1.63. The van der Waals surface area contributed by atoms with E-state index in [1.165, 1.54) is 29.9 Å². The molecule has 0 saturated heterocycles. The summed E-state index contributed by atoms with van der Waals surface area (Å²) in [6.45, 7) is 1.38. The van der Waals surface area contributed by atoms with Crippen molar-refractivity contribution >= 4 is 11.6 Å². The summed E-state index contributed by atoms with van der Waals surface area (Å²) in [6, 6.07) is 6.91. The van der Waals surface area contributed by atoms with E-state index >= 15 is 0 Å². The second-order valence-electron chi connectivity index (χ2n) is 5.93. The van der Waals surface area contributed by atoms with E-state index in [4.69, 9.17) is 0 Å². The minimum atomic E-state index is -4.56. The van der Waals surface area contributed by atoms with E-state index in [9.17, 15) is 22.4 Å². The zero-order chi connectivity index (χ0) is 19.6. The highest BCUT2D eigenvalue weighted by molar-refractivity contribution is 5.90. The van der Waals surface area contributed by atoms with Gasteiger partial charge in [-0.15, -0.1) is 0 Å². The van der Waals surface area contributed by atoms with Crippen LogP contribution in [-0.2, 0) is 24.1 Å². The van der Waals surface area contributed by atoms with E-state index in [0.29, 0.717) is 17.8 Å². The number of anilines is 1. The third-order valence-corrected chi connectivity index (χ3v) is 3.72. The zero-order valence-electron chi connectivity index (χ0n) is 14.2. The molecule has 0 saturated carbocycles. The standard InChI is InChI=1S/C17H15F4N5O/c1-11-5-15(17(19,20)21)24-26(11)10-16(27)23-14-7-22-25(9-14)8-12-3-2-4-13(18)6-12/h2-7,9H,8,10H2,1H3,(H,23,27). The molecule has 2 aromatic heterocycles. The monoisotopic (exact) mass is 381 g/mol. The molecule has 3 aromatic rings. The second-order valence-corrected chi connectivity index (χ2v) is 5.93. The first-order valence-corrected chi connectivity index (χ1v) is 7.89. The van der Waals surface area contributed by atoms with Crippen LogP contribution in [0.2, 0.25) is 0 Å². The molecule has 0 atom stereocenters. The Hall–Kier alpha value is -3.17. The molecule has 1 N–H and O–H groups in total. The molecule has 1 amide bonds. The van der Waals surface area contributed by atoms with Gasteiger partial charge >= 0.3 is 6.18 Å². The van der Waals surface area contributed by atoms with Crippen molar-refractivity contribution in [2.75, 3.05) is 5.32 Å². The fourth-order valence-corrected chi connectivity index (χ4v) is 2.48. The molecule has 3 rings (SSSR count). The maximum atomic E-state index is 13.2. The molecule has 0 fully saturated rings. The van der Waals surface area contributed by atoms with Gasteiger partial charge in [-0.25, -0.2) is 4.39 Å². The molecule has 0 unspecified atom stereocenters. The summed E-state index contributed by atoms with van der Waals surface area (Å²) in [5, 5.41) is 10.0. The molecule has 1 aromatic carbocycles. The predicted molar refractivity (Wildman–Crippen MR) is 88.3 cm³/mol. The minimum absolute atomic E-state index is 0.222. The Morgan fingerprint density at radius 1 is 1.26 bits per heavy atom. The van der Waals surface area contributed by atoms with E-state index in [-0.39, 0.29) is 18.1 Å². The van der Waals surface area contributed by atoms with Crippen molar-refractivity contribution in [1.82, 2.24) is 19.6 Å². The number of aryl methyl sites for hydroxylation is 1. The molecule has 0 aliphatic carbocycles. The smallest absolute Gasteiger partial charge is 0.322 e. The number of amides is 1.